The van der Waals surface area contributed by atoms with Gasteiger partial charge >= 0.3 is 35.6 Å². The molecule has 4 heterocycles. The summed E-state index contributed by atoms with van der Waals surface area (Å²) in [6, 6.07) is 2.13. The Morgan fingerprint density at radius 3 is 1.74 bits per heavy atom. The van der Waals surface area contributed by atoms with Gasteiger partial charge in [-0.1, -0.05) is 32.0 Å². The minimum absolute atomic E-state index is 0.136. The van der Waals surface area contributed by atoms with Crippen LogP contribution in [0.25, 0.3) is 0 Å². The number of esters is 3. The molecule has 0 bridgehead atoms. The average molecular weight is 813 g/mol. The third-order valence-electron chi connectivity index (χ3n) is 8.11. The van der Waals surface area contributed by atoms with Gasteiger partial charge in [0.2, 0.25) is 4.38 Å². The van der Waals surface area contributed by atoms with Gasteiger partial charge in [-0.3, -0.25) is 47.8 Å². The molecule has 3 unspecified atom stereocenters. The quantitative estimate of drug-likeness (QED) is 0.186. The van der Waals surface area contributed by atoms with Crippen LogP contribution in [0.3, 0.4) is 0 Å². The molecular formula is C31H39F3N4O14S2. The largest absolute Gasteiger partial charge is 0.522 e. The zero-order chi connectivity index (χ0) is 40.5. The number of rotatable bonds is 11. The Kier molecular flexibility index (Phi) is 15.8. The van der Waals surface area contributed by atoms with Crippen LogP contribution < -0.4 is 22.5 Å². The molecule has 2 aliphatic rings. The van der Waals surface area contributed by atoms with Crippen LogP contribution in [0.4, 0.5) is 13.2 Å². The Hall–Kier alpha value is -4.32. The van der Waals surface area contributed by atoms with Crippen molar-refractivity contribution in [3.63, 3.8) is 0 Å². The van der Waals surface area contributed by atoms with Crippen LogP contribution in [0, 0.1) is 11.8 Å². The van der Waals surface area contributed by atoms with E-state index in [9.17, 15) is 46.7 Å². The summed E-state index contributed by atoms with van der Waals surface area (Å²) in [6.45, 7) is 6.59. The summed E-state index contributed by atoms with van der Waals surface area (Å²) < 4.78 is 77.7. The SMILES string of the molecule is CCC(C)[C@@H]1C(OC(F)(F)F)[C@H](n2ccc(=O)[nH]c2=O)O[C@@H]1COC(C)=O.CSC(=S)OC1[C@@H](OC(C)=O)[C@@H](COC(C)=O)O[C@H]1n1ccc(=O)[nH]c1=O. The monoisotopic (exact) mass is 812 g/mol. The number of hydrogen-bond donors (Lipinski definition) is 2. The average Bonchev–Trinajstić information content (AvgIpc) is 3.58. The molecule has 54 heavy (non-hydrogen) atoms. The summed E-state index contributed by atoms with van der Waals surface area (Å²) in [7, 11) is 0. The van der Waals surface area contributed by atoms with E-state index in [1.807, 2.05) is 4.98 Å². The second-order valence-corrected chi connectivity index (χ2v) is 13.3. The summed E-state index contributed by atoms with van der Waals surface area (Å²) in [5.74, 6) is -2.88. The lowest BCUT2D eigenvalue weighted by Crippen LogP contribution is -2.42. The second kappa shape index (κ2) is 19.3. The van der Waals surface area contributed by atoms with Crippen LogP contribution in [0.15, 0.2) is 43.7 Å². The van der Waals surface area contributed by atoms with E-state index in [1.165, 1.54) is 27.0 Å². The maximum atomic E-state index is 13.0. The van der Waals surface area contributed by atoms with Crippen molar-refractivity contribution < 1.29 is 60.7 Å². The van der Waals surface area contributed by atoms with Crippen LogP contribution in [0.2, 0.25) is 0 Å². The van der Waals surface area contributed by atoms with Crippen LogP contribution in [-0.4, -0.2) is 97.7 Å². The van der Waals surface area contributed by atoms with Gasteiger partial charge < -0.3 is 28.4 Å². The predicted octanol–water partition coefficient (Wildman–Crippen LogP) is 1.53. The van der Waals surface area contributed by atoms with Crippen LogP contribution in [0.1, 0.15) is 53.5 Å². The Bertz CT molecular complexity index is 1880. The van der Waals surface area contributed by atoms with E-state index in [0.717, 1.165) is 39.2 Å². The number of nitrogens with one attached hydrogen (secondary N) is 2. The van der Waals surface area contributed by atoms with E-state index >= 15 is 0 Å². The highest BCUT2D eigenvalue weighted by Crippen LogP contribution is 2.43. The maximum Gasteiger partial charge on any atom is 0.522 e. The molecule has 2 aromatic rings. The molecule has 2 N–H and O–H groups in total. The maximum absolute atomic E-state index is 13.0. The molecular weight excluding hydrogens is 773 g/mol. The highest BCUT2D eigenvalue weighted by Gasteiger charge is 2.53. The molecule has 2 aliphatic heterocycles. The van der Waals surface area contributed by atoms with E-state index < -0.39 is 95.7 Å². The smallest absolute Gasteiger partial charge is 0.466 e. The van der Waals surface area contributed by atoms with Crippen molar-refractivity contribution >= 4 is 46.3 Å². The summed E-state index contributed by atoms with van der Waals surface area (Å²) in [5, 5.41) is 0. The number of carbonyl (C=O) groups excluding carboxylic acids is 3. The minimum atomic E-state index is -4.97. The molecule has 2 saturated heterocycles. The molecule has 0 aromatic carbocycles. The molecule has 9 atom stereocenters. The molecule has 2 fully saturated rings. The number of aromatic amines is 2. The van der Waals surface area contributed by atoms with Gasteiger partial charge in [-0.15, -0.1) is 13.2 Å². The van der Waals surface area contributed by atoms with Gasteiger partial charge in [-0.05, 0) is 24.4 Å². The van der Waals surface area contributed by atoms with E-state index in [0.29, 0.717) is 6.42 Å². The van der Waals surface area contributed by atoms with Gasteiger partial charge in [0.1, 0.15) is 31.5 Å². The van der Waals surface area contributed by atoms with E-state index in [1.54, 1.807) is 20.1 Å². The fraction of sp³-hybridized carbons (Fsp3) is 0.613. The predicted molar refractivity (Wildman–Crippen MR) is 184 cm³/mol. The number of alkyl halides is 3. The Labute approximate surface area is 313 Å². The molecule has 300 valence electrons. The first-order valence-electron chi connectivity index (χ1n) is 16.1. The number of thioether (sulfide) groups is 1. The van der Waals surface area contributed by atoms with Gasteiger partial charge in [-0.25, -0.2) is 9.59 Å². The zero-order valence-electron chi connectivity index (χ0n) is 29.7. The van der Waals surface area contributed by atoms with Crippen molar-refractivity contribution in [2.45, 2.75) is 90.4 Å². The first-order valence-corrected chi connectivity index (χ1v) is 17.8. The lowest BCUT2D eigenvalue weighted by atomic mass is 9.84. The molecule has 18 nitrogen and oxygen atoms in total. The molecule has 0 radical (unpaired) electrons. The van der Waals surface area contributed by atoms with Crippen LogP contribution >= 0.6 is 24.0 Å². The molecule has 0 spiro atoms. The molecule has 0 aliphatic carbocycles. The fourth-order valence-corrected chi connectivity index (χ4v) is 6.03. The number of thiocarbonyl (C=S) groups is 1. The fourth-order valence-electron chi connectivity index (χ4n) is 5.72. The molecule has 0 saturated carbocycles. The minimum Gasteiger partial charge on any atom is -0.466 e. The van der Waals surface area contributed by atoms with Crippen molar-refractivity contribution in [1.82, 2.24) is 19.1 Å². The Morgan fingerprint density at radius 1 is 0.833 bits per heavy atom. The van der Waals surface area contributed by atoms with Gasteiger partial charge in [0.15, 0.2) is 24.7 Å². The zero-order valence-corrected chi connectivity index (χ0v) is 31.3. The van der Waals surface area contributed by atoms with Crippen LogP contribution in [-0.2, 0) is 47.5 Å². The van der Waals surface area contributed by atoms with Crippen molar-refractivity contribution in [3.05, 3.63) is 66.2 Å². The van der Waals surface area contributed by atoms with Crippen LogP contribution in [0.5, 0.6) is 0 Å². The van der Waals surface area contributed by atoms with Gasteiger partial charge in [0.25, 0.3) is 11.1 Å². The summed E-state index contributed by atoms with van der Waals surface area (Å²) in [4.78, 5) is 84.7. The standard InChI is InChI=1S/C16H21F3N2O6.C15H18N2O8S2/c1-4-8(2)12-10(7-25-9(3)22)26-14(13(12)27-16(17,18)19)21-6-5-11(23)20-15(21)24;1-7(18)22-6-9-11(23-8(2)19)12(25-15(26)27-3)13(24-9)17-5-4-10(20)16-14(17)21/h5-6,8,10,12-14H,4,7H2,1-3H3,(H,20,23,24);4-5,9,11-13H,6H2,1-3H3,(H,16,20,21)/t8?,10-,12+,13?,14-;9-,11+,12?,13-/m11/s1. The number of ether oxygens (including phenoxy) is 7. The highest BCUT2D eigenvalue weighted by atomic mass is 32.2. The molecule has 23 heteroatoms. The second-order valence-electron chi connectivity index (χ2n) is 11.9. The number of nitrogens with zero attached hydrogens (tertiary/aromatic N) is 2. The van der Waals surface area contributed by atoms with E-state index in [-0.39, 0.29) is 23.5 Å². The van der Waals surface area contributed by atoms with Gasteiger partial charge in [0, 0.05) is 51.2 Å². The normalized spacial score (nSPS) is 25.5. The van der Waals surface area contributed by atoms with Gasteiger partial charge in [0.05, 0.1) is 0 Å². The van der Waals surface area contributed by atoms with Crippen molar-refractivity contribution in [2.75, 3.05) is 19.5 Å². The Morgan fingerprint density at radius 2 is 1.31 bits per heavy atom. The number of halogens is 3. The van der Waals surface area contributed by atoms with Crippen molar-refractivity contribution in [1.29, 1.82) is 0 Å². The van der Waals surface area contributed by atoms with Crippen molar-refractivity contribution in [3.8, 4) is 0 Å². The number of carbonyl (C=O) groups is 3. The summed E-state index contributed by atoms with van der Waals surface area (Å²) in [6.07, 6.45) is -8.43. The third-order valence-corrected chi connectivity index (χ3v) is 9.14. The first-order chi connectivity index (χ1) is 25.3. The van der Waals surface area contributed by atoms with Crippen molar-refractivity contribution in [2.24, 2.45) is 11.8 Å². The molecule has 0 amide bonds. The highest BCUT2D eigenvalue weighted by molar-refractivity contribution is 8.22. The molecule has 2 aromatic heterocycles. The topological polar surface area (TPSA) is 226 Å². The lowest BCUT2D eigenvalue weighted by Gasteiger charge is -2.29. The molecule has 4 rings (SSSR count). The number of hydrogen-bond acceptors (Lipinski definition) is 16. The number of H-pyrrole nitrogens is 2. The first kappa shape index (κ1) is 44.1. The van der Waals surface area contributed by atoms with E-state index in [4.69, 9.17) is 40.6 Å². The summed E-state index contributed by atoms with van der Waals surface area (Å²) in [5.41, 5.74) is -2.96. The Balaban J connectivity index is 0.000000290. The lowest BCUT2D eigenvalue weighted by molar-refractivity contribution is -0.355. The van der Waals surface area contributed by atoms with E-state index in [2.05, 4.69) is 9.72 Å². The third kappa shape index (κ3) is 12.1. The summed E-state index contributed by atoms with van der Waals surface area (Å²) >= 11 is 6.21. The number of aromatic nitrogens is 4. The van der Waals surface area contributed by atoms with Gasteiger partial charge in [-0.2, -0.15) is 0 Å².